The Kier molecular flexibility index (Phi) is 4.15. The first-order chi connectivity index (χ1) is 12.8. The first-order valence-electron chi connectivity index (χ1n) is 8.13. The van der Waals surface area contributed by atoms with Gasteiger partial charge in [-0.3, -0.25) is 4.79 Å². The van der Waals surface area contributed by atoms with Crippen molar-refractivity contribution in [3.8, 4) is 10.6 Å². The zero-order chi connectivity index (χ0) is 19.2. The second-order valence-corrected chi connectivity index (χ2v) is 7.06. The van der Waals surface area contributed by atoms with Crippen LogP contribution < -0.4 is 10.6 Å². The van der Waals surface area contributed by atoms with E-state index in [2.05, 4.69) is 15.6 Å². The third-order valence-electron chi connectivity index (χ3n) is 4.35. The number of carbonyl (C=O) groups excluding carboxylic acids is 1. The molecule has 0 saturated heterocycles. The smallest absolute Gasteiger partial charge is 0.360 e. The highest BCUT2D eigenvalue weighted by Crippen LogP contribution is 2.34. The molecule has 1 atom stereocenters. The zero-order valence-electron chi connectivity index (χ0n) is 14.1. The van der Waals surface area contributed by atoms with Gasteiger partial charge in [0.25, 0.3) is 5.91 Å². The quantitative estimate of drug-likeness (QED) is 0.649. The average Bonchev–Trinajstić information content (AvgIpc) is 3.11. The summed E-state index contributed by atoms with van der Waals surface area (Å²) in [5.41, 5.74) is 2.71. The molecule has 2 N–H and O–H groups in total. The number of alkyl halides is 3. The second-order valence-electron chi connectivity index (χ2n) is 6.20. The molecule has 4 nitrogen and oxygen atoms in total. The Hall–Kier alpha value is -2.87. The number of fused-ring (bicyclic) bond motifs is 1. The number of nitrogens with zero attached hydrogens (tertiary/aromatic N) is 1. The van der Waals surface area contributed by atoms with Crippen LogP contribution in [0.4, 0.5) is 18.9 Å². The van der Waals surface area contributed by atoms with Gasteiger partial charge >= 0.3 is 6.18 Å². The van der Waals surface area contributed by atoms with Gasteiger partial charge in [-0.1, -0.05) is 24.3 Å². The lowest BCUT2D eigenvalue weighted by Gasteiger charge is -2.27. The molecule has 0 aliphatic carbocycles. The molecule has 0 saturated carbocycles. The fraction of sp³-hybridized carbons (Fsp3) is 0.158. The van der Waals surface area contributed by atoms with Crippen molar-refractivity contribution in [1.82, 2.24) is 10.3 Å². The maximum absolute atomic E-state index is 12.7. The van der Waals surface area contributed by atoms with E-state index >= 15 is 0 Å². The van der Waals surface area contributed by atoms with Crippen molar-refractivity contribution in [2.24, 2.45) is 0 Å². The number of nitrogens with one attached hydrogen (secondary N) is 2. The molecule has 27 heavy (non-hydrogen) atoms. The van der Waals surface area contributed by atoms with Crippen LogP contribution in [0.1, 0.15) is 33.3 Å². The minimum atomic E-state index is -4.37. The van der Waals surface area contributed by atoms with E-state index in [0.29, 0.717) is 21.8 Å². The summed E-state index contributed by atoms with van der Waals surface area (Å²) in [6.07, 6.45) is -4.86. The van der Waals surface area contributed by atoms with Crippen LogP contribution in [-0.2, 0) is 6.18 Å². The monoisotopic (exact) mass is 389 g/mol. The van der Waals surface area contributed by atoms with Gasteiger partial charge in [-0.2, -0.15) is 13.2 Å². The van der Waals surface area contributed by atoms with Crippen LogP contribution >= 0.6 is 11.3 Å². The molecule has 1 aliphatic rings. The van der Waals surface area contributed by atoms with Crippen molar-refractivity contribution >= 4 is 22.9 Å². The number of anilines is 1. The molecule has 1 unspecified atom stereocenters. The van der Waals surface area contributed by atoms with Gasteiger partial charge in [0.1, 0.15) is 11.2 Å². The van der Waals surface area contributed by atoms with Crippen molar-refractivity contribution in [3.63, 3.8) is 0 Å². The van der Waals surface area contributed by atoms with Crippen molar-refractivity contribution in [1.29, 1.82) is 0 Å². The van der Waals surface area contributed by atoms with Gasteiger partial charge in [0.15, 0.2) is 0 Å². The largest absolute Gasteiger partial charge is 0.416 e. The number of carbonyl (C=O) groups is 1. The maximum atomic E-state index is 12.7. The Balaban J connectivity index is 1.59. The van der Waals surface area contributed by atoms with Crippen LogP contribution in [-0.4, -0.2) is 10.9 Å². The highest BCUT2D eigenvalue weighted by Gasteiger charge is 2.30. The summed E-state index contributed by atoms with van der Waals surface area (Å²) < 4.78 is 38.1. The summed E-state index contributed by atoms with van der Waals surface area (Å²) in [6, 6.07) is 10.4. The number of amides is 1. The van der Waals surface area contributed by atoms with Crippen molar-refractivity contribution < 1.29 is 18.0 Å². The minimum Gasteiger partial charge on any atom is -0.360 e. The summed E-state index contributed by atoms with van der Waals surface area (Å²) in [5, 5.41) is 8.48. The summed E-state index contributed by atoms with van der Waals surface area (Å²) in [6.45, 7) is 1.87. The fourth-order valence-electron chi connectivity index (χ4n) is 2.99. The van der Waals surface area contributed by atoms with Crippen LogP contribution in [0.15, 0.2) is 47.8 Å². The highest BCUT2D eigenvalue weighted by atomic mass is 32.1. The topological polar surface area (TPSA) is 54.0 Å². The molecule has 0 spiro atoms. The van der Waals surface area contributed by atoms with Gasteiger partial charge < -0.3 is 10.6 Å². The van der Waals surface area contributed by atoms with E-state index in [4.69, 9.17) is 0 Å². The highest BCUT2D eigenvalue weighted by molar-refractivity contribution is 7.13. The standard InChI is InChI=1S/C19H14F3N3OS/c1-10-3-2-4-13-15(10)17(26)25-16(23-13)14-9-27-18(24-14)11-5-7-12(8-6-11)19(20,21)22/h2-9,16,23H,1H3,(H,25,26). The lowest BCUT2D eigenvalue weighted by atomic mass is 10.0. The zero-order valence-corrected chi connectivity index (χ0v) is 14.9. The number of halogens is 3. The predicted molar refractivity (Wildman–Crippen MR) is 97.6 cm³/mol. The number of benzene rings is 2. The molecule has 0 fully saturated rings. The van der Waals surface area contributed by atoms with E-state index < -0.39 is 17.9 Å². The Morgan fingerprint density at radius 1 is 1.07 bits per heavy atom. The predicted octanol–water partition coefficient (Wildman–Crippen LogP) is 4.99. The lowest BCUT2D eigenvalue weighted by molar-refractivity contribution is -0.137. The van der Waals surface area contributed by atoms with E-state index in [1.165, 1.54) is 23.5 Å². The molecule has 3 aromatic rings. The van der Waals surface area contributed by atoms with Crippen LogP contribution in [0.5, 0.6) is 0 Å². The summed E-state index contributed by atoms with van der Waals surface area (Å²) in [4.78, 5) is 16.9. The Morgan fingerprint density at radius 2 is 1.81 bits per heavy atom. The Bertz CT molecular complexity index is 1010. The van der Waals surface area contributed by atoms with Gasteiger partial charge in [-0.05, 0) is 30.7 Å². The number of hydrogen-bond acceptors (Lipinski definition) is 4. The van der Waals surface area contributed by atoms with Gasteiger partial charge in [0.05, 0.1) is 16.8 Å². The number of hydrogen-bond donors (Lipinski definition) is 2. The van der Waals surface area contributed by atoms with Crippen molar-refractivity contribution in [2.45, 2.75) is 19.3 Å². The third-order valence-corrected chi connectivity index (χ3v) is 5.26. The van der Waals surface area contributed by atoms with Crippen LogP contribution in [0.3, 0.4) is 0 Å². The van der Waals surface area contributed by atoms with E-state index in [9.17, 15) is 18.0 Å². The van der Waals surface area contributed by atoms with E-state index in [1.54, 1.807) is 5.38 Å². The number of aromatic nitrogens is 1. The fourth-order valence-corrected chi connectivity index (χ4v) is 3.84. The average molecular weight is 389 g/mol. The molecule has 0 bridgehead atoms. The van der Waals surface area contributed by atoms with Crippen molar-refractivity contribution in [2.75, 3.05) is 5.32 Å². The molecular weight excluding hydrogens is 375 g/mol. The molecule has 138 valence electrons. The molecule has 4 rings (SSSR count). The van der Waals surface area contributed by atoms with Gasteiger partial charge in [-0.15, -0.1) is 11.3 Å². The van der Waals surface area contributed by atoms with Crippen LogP contribution in [0.2, 0.25) is 0 Å². The summed E-state index contributed by atoms with van der Waals surface area (Å²) >= 11 is 1.31. The lowest BCUT2D eigenvalue weighted by Crippen LogP contribution is -2.39. The normalized spacial score (nSPS) is 16.4. The first kappa shape index (κ1) is 17.5. The molecule has 2 heterocycles. The SMILES string of the molecule is Cc1cccc2c1C(=O)NC(c1csc(-c3ccc(C(F)(F)F)cc3)n1)N2. The third kappa shape index (κ3) is 3.28. The molecule has 8 heteroatoms. The molecule has 1 amide bonds. The van der Waals surface area contributed by atoms with Crippen LogP contribution in [0.25, 0.3) is 10.6 Å². The molecule has 0 radical (unpaired) electrons. The first-order valence-corrected chi connectivity index (χ1v) is 9.01. The Labute approximate surface area is 157 Å². The van der Waals surface area contributed by atoms with E-state index in [1.807, 2.05) is 25.1 Å². The van der Waals surface area contributed by atoms with Gasteiger partial charge in [-0.25, -0.2) is 4.98 Å². The Morgan fingerprint density at radius 3 is 2.52 bits per heavy atom. The van der Waals surface area contributed by atoms with Gasteiger partial charge in [0.2, 0.25) is 0 Å². The minimum absolute atomic E-state index is 0.184. The van der Waals surface area contributed by atoms with E-state index in [-0.39, 0.29) is 5.91 Å². The number of thiazole rings is 1. The summed E-state index contributed by atoms with van der Waals surface area (Å²) in [5.74, 6) is -0.184. The van der Waals surface area contributed by atoms with E-state index in [0.717, 1.165) is 23.4 Å². The maximum Gasteiger partial charge on any atom is 0.416 e. The second kappa shape index (κ2) is 6.38. The molecular formula is C19H14F3N3OS. The molecule has 1 aliphatic heterocycles. The molecule has 1 aromatic heterocycles. The van der Waals surface area contributed by atoms with Crippen molar-refractivity contribution in [3.05, 3.63) is 70.2 Å². The van der Waals surface area contributed by atoms with Crippen LogP contribution in [0, 0.1) is 6.92 Å². The number of aryl methyl sites for hydroxylation is 1. The summed E-state index contributed by atoms with van der Waals surface area (Å²) in [7, 11) is 0. The van der Waals surface area contributed by atoms with Gasteiger partial charge in [0, 0.05) is 16.6 Å². The number of rotatable bonds is 2. The molecule has 2 aromatic carbocycles.